The summed E-state index contributed by atoms with van der Waals surface area (Å²) in [6.07, 6.45) is 7.72. The minimum absolute atomic E-state index is 0. The Morgan fingerprint density at radius 2 is 0.889 bits per heavy atom. The van der Waals surface area contributed by atoms with Gasteiger partial charge in [0.1, 0.15) is 0 Å². The molecule has 0 fully saturated rings. The van der Waals surface area contributed by atoms with E-state index >= 15 is 0 Å². The van der Waals surface area contributed by atoms with Crippen LogP contribution in [0.5, 0.6) is 0 Å². The van der Waals surface area contributed by atoms with Crippen LogP contribution in [0.4, 0.5) is 0 Å². The number of benzene rings is 2. The van der Waals surface area contributed by atoms with E-state index in [0.717, 1.165) is 33.6 Å². The van der Waals surface area contributed by atoms with Gasteiger partial charge in [0, 0.05) is 23.5 Å². The molecule has 0 saturated carbocycles. The van der Waals surface area contributed by atoms with E-state index < -0.39 is 0 Å². The van der Waals surface area contributed by atoms with E-state index in [1.807, 2.05) is 73.1 Å². The first-order valence-electron chi connectivity index (χ1n) is 8.61. The summed E-state index contributed by atoms with van der Waals surface area (Å²) in [5, 5.41) is 0. The molecule has 0 N–H and O–H groups in total. The van der Waals surface area contributed by atoms with Crippen LogP contribution in [0.25, 0.3) is 34.4 Å². The molecule has 0 atom stereocenters. The molecule has 0 amide bonds. The summed E-state index contributed by atoms with van der Waals surface area (Å²) in [7, 11) is 0. The zero-order valence-electron chi connectivity index (χ0n) is 14.6. The Bertz CT molecular complexity index is 943. The minimum atomic E-state index is 0. The van der Waals surface area contributed by atoms with E-state index in [-0.39, 0.29) is 21.1 Å². The predicted octanol–water partition coefficient (Wildman–Crippen LogP) is 5.98. The van der Waals surface area contributed by atoms with Crippen LogP contribution in [0.3, 0.4) is 0 Å². The van der Waals surface area contributed by atoms with Crippen molar-refractivity contribution in [2.24, 2.45) is 0 Å². The number of rotatable bonds is 4. The second-order valence-corrected chi connectivity index (χ2v) is 5.94. The molecule has 0 aliphatic heterocycles. The molecular weight excluding hydrogens is 511 g/mol. The molecule has 2 nitrogen and oxygen atoms in total. The monoisotopic (exact) mass is 529 g/mol. The van der Waals surface area contributed by atoms with Crippen molar-refractivity contribution in [3.63, 3.8) is 0 Å². The van der Waals surface area contributed by atoms with Crippen molar-refractivity contribution >= 4 is 12.2 Å². The second-order valence-electron chi connectivity index (χ2n) is 5.94. The van der Waals surface area contributed by atoms with E-state index in [2.05, 4.69) is 46.4 Å². The third kappa shape index (κ3) is 4.47. The summed E-state index contributed by atoms with van der Waals surface area (Å²) in [4.78, 5) is 9.12. The van der Waals surface area contributed by atoms with Gasteiger partial charge in [0.25, 0.3) is 0 Å². The first kappa shape index (κ1) is 18.9. The Morgan fingerprint density at radius 1 is 0.481 bits per heavy atom. The normalized spacial score (nSPS) is 10.5. The van der Waals surface area contributed by atoms with Crippen molar-refractivity contribution in [2.75, 3.05) is 0 Å². The molecule has 0 spiro atoms. The summed E-state index contributed by atoms with van der Waals surface area (Å²) in [6.45, 7) is 0. The molecule has 4 rings (SSSR count). The standard InChI is InChI=1S/C24H18N2.Pt/c1-3-9-19(10-4-1)21-13-7-17-25-23(21)15-16-24-22(14-8-18-26-24)20-11-5-2-6-12-20;/h1-18H;/q;+2. The van der Waals surface area contributed by atoms with E-state index in [0.29, 0.717) is 0 Å². The topological polar surface area (TPSA) is 25.8 Å². The van der Waals surface area contributed by atoms with Gasteiger partial charge in [-0.1, -0.05) is 72.8 Å². The van der Waals surface area contributed by atoms with Crippen molar-refractivity contribution in [2.45, 2.75) is 0 Å². The Balaban J connectivity index is 0.00000210. The van der Waals surface area contributed by atoms with Gasteiger partial charge in [-0.25, -0.2) is 0 Å². The summed E-state index contributed by atoms with van der Waals surface area (Å²) >= 11 is 0. The molecule has 2 aromatic carbocycles. The molecule has 2 heterocycles. The fourth-order valence-electron chi connectivity index (χ4n) is 2.98. The summed E-state index contributed by atoms with van der Waals surface area (Å²) < 4.78 is 0. The predicted molar refractivity (Wildman–Crippen MR) is 108 cm³/mol. The zero-order valence-corrected chi connectivity index (χ0v) is 16.9. The summed E-state index contributed by atoms with van der Waals surface area (Å²) in [5.41, 5.74) is 6.41. The Labute approximate surface area is 173 Å². The van der Waals surface area contributed by atoms with Crippen LogP contribution < -0.4 is 0 Å². The maximum absolute atomic E-state index is 4.56. The van der Waals surface area contributed by atoms with Crippen LogP contribution in [0.1, 0.15) is 11.4 Å². The molecule has 0 saturated heterocycles. The van der Waals surface area contributed by atoms with E-state index in [1.54, 1.807) is 0 Å². The van der Waals surface area contributed by atoms with Crippen LogP contribution in [0.2, 0.25) is 0 Å². The third-order valence-electron chi connectivity index (χ3n) is 4.25. The Kier molecular flexibility index (Phi) is 6.46. The van der Waals surface area contributed by atoms with Gasteiger partial charge in [0.2, 0.25) is 0 Å². The second kappa shape index (κ2) is 9.21. The van der Waals surface area contributed by atoms with Crippen molar-refractivity contribution in [1.29, 1.82) is 0 Å². The van der Waals surface area contributed by atoms with Crippen LogP contribution >= 0.6 is 0 Å². The molecule has 0 aliphatic rings. The molecule has 132 valence electrons. The van der Waals surface area contributed by atoms with Crippen LogP contribution in [-0.4, -0.2) is 9.97 Å². The Morgan fingerprint density at radius 3 is 1.30 bits per heavy atom. The number of aromatic nitrogens is 2. The molecule has 0 radical (unpaired) electrons. The number of nitrogens with zero attached hydrogens (tertiary/aromatic N) is 2. The maximum atomic E-state index is 4.56. The van der Waals surface area contributed by atoms with Crippen molar-refractivity contribution < 1.29 is 21.1 Å². The van der Waals surface area contributed by atoms with E-state index in [4.69, 9.17) is 0 Å². The molecule has 27 heavy (non-hydrogen) atoms. The van der Waals surface area contributed by atoms with Crippen LogP contribution in [-0.2, 0) is 21.1 Å². The van der Waals surface area contributed by atoms with Gasteiger partial charge in [-0.2, -0.15) is 0 Å². The first-order valence-corrected chi connectivity index (χ1v) is 8.61. The largest absolute Gasteiger partial charge is 2.00 e. The molecule has 3 heteroatoms. The molecule has 2 aromatic heterocycles. The smallest absolute Gasteiger partial charge is 0.256 e. The van der Waals surface area contributed by atoms with Gasteiger partial charge in [0.15, 0.2) is 0 Å². The van der Waals surface area contributed by atoms with Crippen molar-refractivity contribution in [3.8, 4) is 22.3 Å². The summed E-state index contributed by atoms with van der Waals surface area (Å²) in [6, 6.07) is 28.8. The summed E-state index contributed by atoms with van der Waals surface area (Å²) in [5.74, 6) is 0. The van der Waals surface area contributed by atoms with Crippen LogP contribution in [0.15, 0.2) is 97.3 Å². The van der Waals surface area contributed by atoms with E-state index in [1.165, 1.54) is 0 Å². The number of pyridine rings is 2. The van der Waals surface area contributed by atoms with Gasteiger partial charge >= 0.3 is 21.1 Å². The molecule has 0 unspecified atom stereocenters. The van der Waals surface area contributed by atoms with Crippen molar-refractivity contribution in [3.05, 3.63) is 109 Å². The molecule has 0 aliphatic carbocycles. The SMILES string of the molecule is C(=Cc1ncccc1-c1ccccc1)c1ncccc1-c1ccccc1.[Pt+2]. The van der Waals surface area contributed by atoms with Gasteiger partial charge in [-0.05, 0) is 35.4 Å². The fraction of sp³-hybridized carbons (Fsp3) is 0. The fourth-order valence-corrected chi connectivity index (χ4v) is 2.98. The van der Waals surface area contributed by atoms with E-state index in [9.17, 15) is 0 Å². The number of hydrogen-bond acceptors (Lipinski definition) is 2. The first-order chi connectivity index (χ1) is 12.9. The van der Waals surface area contributed by atoms with Gasteiger partial charge < -0.3 is 0 Å². The van der Waals surface area contributed by atoms with Gasteiger partial charge in [0.05, 0.1) is 11.4 Å². The average Bonchev–Trinajstić information content (AvgIpc) is 2.74. The molecular formula is C24H18N2Pt+2. The molecule has 0 bridgehead atoms. The molecule has 4 aromatic rings. The quantitative estimate of drug-likeness (QED) is 0.325. The third-order valence-corrected chi connectivity index (χ3v) is 4.25. The number of hydrogen-bond donors (Lipinski definition) is 0. The maximum Gasteiger partial charge on any atom is 2.00 e. The van der Waals surface area contributed by atoms with Crippen LogP contribution in [0, 0.1) is 0 Å². The minimum Gasteiger partial charge on any atom is -0.256 e. The Hall–Kier alpha value is -2.83. The van der Waals surface area contributed by atoms with Gasteiger partial charge in [-0.15, -0.1) is 0 Å². The average molecular weight is 530 g/mol. The van der Waals surface area contributed by atoms with Crippen molar-refractivity contribution in [1.82, 2.24) is 9.97 Å². The zero-order chi connectivity index (χ0) is 17.6. The van der Waals surface area contributed by atoms with Gasteiger partial charge in [-0.3, -0.25) is 9.97 Å².